The number of hydrogen-bond acceptors (Lipinski definition) is 4. The van der Waals surface area contributed by atoms with Crippen LogP contribution in [0.15, 0.2) is 29.2 Å². The summed E-state index contributed by atoms with van der Waals surface area (Å²) >= 11 is 0. The second kappa shape index (κ2) is 6.51. The SMILES string of the molecule is Cc1ccc(S(=O)(=O)N(C)CC(=O)[N+]2(C=O)CCC[C@H]2C)cc1. The molecule has 0 spiro atoms. The molecule has 2 atom stereocenters. The standard InChI is InChI=1S/C16H23N2O4S/c1-13-6-8-15(9-7-13)23(21,22)17(3)11-16(20)18(12-19)10-4-5-14(18)2/h6-9,12,14H,4-5,10-11H2,1-3H3/q+1/t14-,18?/m1/s1. The Morgan fingerprint density at radius 3 is 2.43 bits per heavy atom. The van der Waals surface area contributed by atoms with Crippen molar-refractivity contribution in [2.75, 3.05) is 20.1 Å². The monoisotopic (exact) mass is 339 g/mol. The van der Waals surface area contributed by atoms with Gasteiger partial charge in [0.2, 0.25) is 10.0 Å². The first-order valence-electron chi connectivity index (χ1n) is 7.64. The largest absolute Gasteiger partial charge is 0.336 e. The van der Waals surface area contributed by atoms with E-state index in [9.17, 15) is 18.0 Å². The number of aryl methyl sites for hydroxylation is 1. The molecule has 1 unspecified atom stereocenters. The molecule has 1 aliphatic heterocycles. The van der Waals surface area contributed by atoms with E-state index in [4.69, 9.17) is 0 Å². The summed E-state index contributed by atoms with van der Waals surface area (Å²) in [7, 11) is -2.38. The number of imide groups is 1. The molecule has 0 radical (unpaired) electrons. The molecule has 6 nitrogen and oxygen atoms in total. The minimum atomic E-state index is -3.75. The van der Waals surface area contributed by atoms with Gasteiger partial charge in [-0.05, 0) is 26.0 Å². The summed E-state index contributed by atoms with van der Waals surface area (Å²) in [5.74, 6) is -0.372. The van der Waals surface area contributed by atoms with Gasteiger partial charge < -0.3 is 0 Å². The number of carbonyl (C=O) groups is 2. The highest BCUT2D eigenvalue weighted by atomic mass is 32.2. The predicted molar refractivity (Wildman–Crippen MR) is 85.9 cm³/mol. The highest BCUT2D eigenvalue weighted by Crippen LogP contribution is 2.26. The Morgan fingerprint density at radius 1 is 1.35 bits per heavy atom. The van der Waals surface area contributed by atoms with Crippen molar-refractivity contribution in [1.29, 1.82) is 0 Å². The number of quaternary nitrogens is 1. The summed E-state index contributed by atoms with van der Waals surface area (Å²) in [6.45, 7) is 3.87. The number of amides is 2. The van der Waals surface area contributed by atoms with Crippen molar-refractivity contribution in [2.24, 2.45) is 0 Å². The van der Waals surface area contributed by atoms with Crippen LogP contribution in [0.3, 0.4) is 0 Å². The Hall–Kier alpha value is -1.57. The average molecular weight is 339 g/mol. The van der Waals surface area contributed by atoms with Gasteiger partial charge >= 0.3 is 12.3 Å². The molecule has 0 aromatic heterocycles. The third kappa shape index (κ3) is 3.22. The molecule has 0 saturated carbocycles. The Morgan fingerprint density at radius 2 is 1.96 bits per heavy atom. The van der Waals surface area contributed by atoms with Gasteiger partial charge in [-0.25, -0.2) is 18.0 Å². The summed E-state index contributed by atoms with van der Waals surface area (Å²) in [5, 5.41) is 0. The Balaban J connectivity index is 2.20. The van der Waals surface area contributed by atoms with E-state index in [1.54, 1.807) is 12.1 Å². The number of carbonyl (C=O) groups excluding carboxylic acids is 2. The van der Waals surface area contributed by atoms with Crippen molar-refractivity contribution in [2.45, 2.75) is 37.6 Å². The smallest absolute Gasteiger partial charge is 0.233 e. The van der Waals surface area contributed by atoms with E-state index in [0.717, 1.165) is 22.7 Å². The molecule has 0 N–H and O–H groups in total. The Kier molecular flexibility index (Phi) is 5.03. The highest BCUT2D eigenvalue weighted by Gasteiger charge is 2.46. The molecule has 0 aliphatic carbocycles. The fraction of sp³-hybridized carbons (Fsp3) is 0.500. The van der Waals surface area contributed by atoms with Crippen LogP contribution >= 0.6 is 0 Å². The summed E-state index contributed by atoms with van der Waals surface area (Å²) < 4.78 is 25.8. The van der Waals surface area contributed by atoms with Gasteiger partial charge in [-0.2, -0.15) is 8.79 Å². The Bertz CT molecular complexity index is 699. The third-order valence-electron chi connectivity index (χ3n) is 4.68. The van der Waals surface area contributed by atoms with Crippen molar-refractivity contribution in [3.8, 4) is 0 Å². The van der Waals surface area contributed by atoms with Crippen molar-refractivity contribution >= 4 is 22.3 Å². The van der Waals surface area contributed by atoms with Crippen LogP contribution in [0.5, 0.6) is 0 Å². The van der Waals surface area contributed by atoms with E-state index in [2.05, 4.69) is 0 Å². The van der Waals surface area contributed by atoms with Crippen molar-refractivity contribution in [3.63, 3.8) is 0 Å². The summed E-state index contributed by atoms with van der Waals surface area (Å²) in [6.07, 6.45) is 2.24. The number of likely N-dealkylation sites (N-methyl/N-ethyl adjacent to an activating group) is 1. The molecule has 0 bridgehead atoms. The van der Waals surface area contributed by atoms with Crippen molar-refractivity contribution < 1.29 is 22.5 Å². The molecule has 1 fully saturated rings. The van der Waals surface area contributed by atoms with Gasteiger partial charge in [-0.15, -0.1) is 0 Å². The zero-order valence-corrected chi connectivity index (χ0v) is 14.5. The van der Waals surface area contributed by atoms with Gasteiger partial charge in [0.1, 0.15) is 12.6 Å². The second-order valence-corrected chi connectivity index (χ2v) is 8.26. The molecule has 1 saturated heterocycles. The molecule has 2 amide bonds. The highest BCUT2D eigenvalue weighted by molar-refractivity contribution is 7.89. The lowest BCUT2D eigenvalue weighted by Gasteiger charge is -2.30. The second-order valence-electron chi connectivity index (χ2n) is 6.22. The lowest BCUT2D eigenvalue weighted by atomic mass is 10.2. The summed E-state index contributed by atoms with van der Waals surface area (Å²) in [4.78, 5) is 24.2. The molecule has 1 aromatic rings. The molecular weight excluding hydrogens is 316 g/mol. The van der Waals surface area contributed by atoms with Crippen LogP contribution in [0.25, 0.3) is 0 Å². The van der Waals surface area contributed by atoms with E-state index in [1.165, 1.54) is 19.2 Å². The van der Waals surface area contributed by atoms with Gasteiger partial charge in [-0.1, -0.05) is 17.7 Å². The fourth-order valence-corrected chi connectivity index (χ4v) is 4.10. The number of hydrogen-bond donors (Lipinski definition) is 0. The minimum Gasteiger partial charge on any atom is -0.233 e. The molecule has 2 rings (SSSR count). The maximum atomic E-state index is 12.6. The van der Waals surface area contributed by atoms with Gasteiger partial charge in [0.25, 0.3) is 0 Å². The van der Waals surface area contributed by atoms with Crippen LogP contribution in [-0.2, 0) is 19.6 Å². The van der Waals surface area contributed by atoms with Crippen LogP contribution in [-0.4, -0.2) is 55.7 Å². The molecule has 126 valence electrons. The number of nitrogens with zero attached hydrogens (tertiary/aromatic N) is 2. The molecule has 23 heavy (non-hydrogen) atoms. The van der Waals surface area contributed by atoms with Crippen molar-refractivity contribution in [3.05, 3.63) is 29.8 Å². The van der Waals surface area contributed by atoms with E-state index in [0.29, 0.717) is 13.0 Å². The summed E-state index contributed by atoms with van der Waals surface area (Å²) in [6, 6.07) is 6.37. The van der Waals surface area contributed by atoms with Gasteiger partial charge in [0, 0.05) is 19.9 Å². The maximum absolute atomic E-state index is 12.6. The van der Waals surface area contributed by atoms with Gasteiger partial charge in [0.15, 0.2) is 0 Å². The van der Waals surface area contributed by atoms with Crippen LogP contribution < -0.4 is 0 Å². The van der Waals surface area contributed by atoms with Crippen LogP contribution in [0, 0.1) is 6.92 Å². The normalized spacial score (nSPS) is 24.8. The molecule has 1 aliphatic rings. The van der Waals surface area contributed by atoms with E-state index < -0.39 is 10.0 Å². The lowest BCUT2D eigenvalue weighted by molar-refractivity contribution is -0.780. The predicted octanol–water partition coefficient (Wildman–Crippen LogP) is 1.30. The number of benzene rings is 1. The quantitative estimate of drug-likeness (QED) is 0.599. The van der Waals surface area contributed by atoms with Crippen LogP contribution in [0.4, 0.5) is 0 Å². The number of sulfonamides is 1. The van der Waals surface area contributed by atoms with Gasteiger partial charge in [0.05, 0.1) is 11.4 Å². The fourth-order valence-electron chi connectivity index (χ4n) is 2.98. The first kappa shape index (κ1) is 17.8. The van der Waals surface area contributed by atoms with Gasteiger partial charge in [-0.3, -0.25) is 0 Å². The van der Waals surface area contributed by atoms with E-state index in [-0.39, 0.29) is 27.9 Å². The Labute approximate surface area is 137 Å². The van der Waals surface area contributed by atoms with E-state index >= 15 is 0 Å². The van der Waals surface area contributed by atoms with Crippen LogP contribution in [0.1, 0.15) is 25.3 Å². The first-order valence-corrected chi connectivity index (χ1v) is 9.08. The average Bonchev–Trinajstić information content (AvgIpc) is 2.89. The minimum absolute atomic E-state index is 0.101. The molecule has 7 heteroatoms. The third-order valence-corrected chi connectivity index (χ3v) is 6.49. The number of likely N-dealkylation sites (tertiary alicyclic amines) is 1. The molecular formula is C16H23N2O4S+. The zero-order valence-electron chi connectivity index (χ0n) is 13.7. The first-order chi connectivity index (χ1) is 10.7. The van der Waals surface area contributed by atoms with E-state index in [1.807, 2.05) is 13.8 Å². The van der Waals surface area contributed by atoms with Crippen molar-refractivity contribution in [1.82, 2.24) is 4.31 Å². The van der Waals surface area contributed by atoms with Crippen LogP contribution in [0.2, 0.25) is 0 Å². The summed E-state index contributed by atoms with van der Waals surface area (Å²) in [5.41, 5.74) is 0.957. The maximum Gasteiger partial charge on any atom is 0.336 e. The number of rotatable bonds is 5. The topological polar surface area (TPSA) is 71.5 Å². The zero-order chi connectivity index (χ0) is 17.3. The molecule has 1 aromatic carbocycles. The lowest BCUT2D eigenvalue weighted by Crippen LogP contribution is -2.57. The molecule has 1 heterocycles.